The van der Waals surface area contributed by atoms with Crippen molar-refractivity contribution in [3.8, 4) is 0 Å². The Kier molecular flexibility index (Phi) is 38.0. The Morgan fingerprint density at radius 2 is 0.410 bits per heavy atom. The van der Waals surface area contributed by atoms with Crippen LogP contribution in [0.5, 0.6) is 0 Å². The van der Waals surface area contributed by atoms with Crippen LogP contribution in [-0.4, -0.2) is 164 Å². The lowest BCUT2D eigenvalue weighted by Crippen LogP contribution is -2.15. The first-order chi connectivity index (χ1) is 19.4. The lowest BCUT2D eigenvalue weighted by molar-refractivity contribution is -0.0281. The third kappa shape index (κ3) is 38.0. The van der Waals surface area contributed by atoms with Crippen LogP contribution in [0, 0.1) is 0 Å². The zero-order chi connectivity index (χ0) is 28.2. The zero-order valence-corrected chi connectivity index (χ0v) is 25.5. The fraction of sp³-hybridized carbons (Fsp3) is 1.00. The van der Waals surface area contributed by atoms with Crippen LogP contribution in [0.1, 0.15) is 6.92 Å². The second-order valence-electron chi connectivity index (χ2n) is 7.62. The van der Waals surface area contributed by atoms with Gasteiger partial charge in [0.05, 0.1) is 152 Å². The van der Waals surface area contributed by atoms with Crippen LogP contribution in [0.25, 0.3) is 0 Å². The Morgan fingerprint density at radius 1 is 0.256 bits per heavy atom. The van der Waals surface area contributed by atoms with E-state index in [9.17, 15) is 0 Å². The molecule has 0 unspecified atom stereocenters. The van der Waals surface area contributed by atoms with Gasteiger partial charge >= 0.3 is 0 Å². The van der Waals surface area contributed by atoms with Crippen LogP contribution in [-0.2, 0) is 56.8 Å². The van der Waals surface area contributed by atoms with E-state index in [-0.39, 0.29) is 0 Å². The van der Waals surface area contributed by atoms with Gasteiger partial charge in [-0.05, 0) is 6.92 Å². The summed E-state index contributed by atoms with van der Waals surface area (Å²) in [6, 6.07) is 0. The van der Waals surface area contributed by atoms with Gasteiger partial charge < -0.3 is 56.8 Å². The first kappa shape index (κ1) is 39.0. The molecular weight excluding hydrogens is 584 g/mol. The van der Waals surface area contributed by atoms with E-state index in [1.165, 1.54) is 0 Å². The first-order valence-electron chi connectivity index (χ1n) is 13.9. The molecule has 0 saturated heterocycles. The molecule has 0 aromatic rings. The van der Waals surface area contributed by atoms with Crippen LogP contribution in [0.15, 0.2) is 0 Å². The average molecular weight is 638 g/mol. The molecule has 236 valence electrons. The minimum atomic E-state index is 0.519. The fourth-order valence-corrected chi connectivity index (χ4v) is 2.85. The van der Waals surface area contributed by atoms with E-state index < -0.39 is 0 Å². The Bertz CT molecular complexity index is 390. The third-order valence-electron chi connectivity index (χ3n) is 4.52. The maximum atomic E-state index is 5.46. The normalized spacial score (nSPS) is 11.5. The molecule has 12 nitrogen and oxygen atoms in total. The van der Waals surface area contributed by atoms with Crippen LogP contribution < -0.4 is 0 Å². The highest BCUT2D eigenvalue weighted by Crippen LogP contribution is 1.87. The van der Waals surface area contributed by atoms with E-state index in [1.54, 1.807) is 0 Å². The van der Waals surface area contributed by atoms with Gasteiger partial charge in [0.15, 0.2) is 0 Å². The predicted octanol–water partition coefficient (Wildman–Crippen LogP) is 1.60. The molecule has 0 radical (unpaired) electrons. The average Bonchev–Trinajstić information content (AvgIpc) is 2.95. The molecule has 0 aliphatic rings. The molecule has 0 saturated carbocycles. The molecular formula is C26H53BrO12. The van der Waals surface area contributed by atoms with Crippen molar-refractivity contribution in [1.82, 2.24) is 0 Å². The van der Waals surface area contributed by atoms with Crippen molar-refractivity contribution < 1.29 is 56.8 Å². The van der Waals surface area contributed by atoms with Crippen molar-refractivity contribution in [2.75, 3.05) is 164 Å². The summed E-state index contributed by atoms with van der Waals surface area (Å²) in [6.07, 6.45) is 0. The molecule has 0 bridgehead atoms. The standard InChI is InChI=1S/C26H53BrO12/c1-2-28-5-6-30-9-10-32-13-14-34-17-18-36-21-22-38-25-26-39-24-23-37-20-19-35-16-15-33-12-11-31-8-7-29-4-3-27/h2-26H2,1H3. The quantitative estimate of drug-likeness (QED) is 0.0736. The summed E-state index contributed by atoms with van der Waals surface area (Å²) in [6.45, 7) is 15.4. The third-order valence-corrected chi connectivity index (χ3v) is 4.84. The smallest absolute Gasteiger partial charge is 0.0701 e. The Balaban J connectivity index is 3.01. The molecule has 39 heavy (non-hydrogen) atoms. The Morgan fingerprint density at radius 3 is 0.564 bits per heavy atom. The lowest BCUT2D eigenvalue weighted by atomic mass is 10.6. The van der Waals surface area contributed by atoms with Crippen molar-refractivity contribution >= 4 is 15.9 Å². The maximum Gasteiger partial charge on any atom is 0.0701 e. The molecule has 0 fully saturated rings. The highest BCUT2D eigenvalue weighted by Gasteiger charge is 1.96. The molecule has 0 heterocycles. The topological polar surface area (TPSA) is 111 Å². The van der Waals surface area contributed by atoms with E-state index in [4.69, 9.17) is 56.8 Å². The van der Waals surface area contributed by atoms with Gasteiger partial charge in [0.2, 0.25) is 0 Å². The van der Waals surface area contributed by atoms with Crippen LogP contribution >= 0.6 is 15.9 Å². The Labute approximate surface area is 243 Å². The summed E-state index contributed by atoms with van der Waals surface area (Å²) in [5, 5.41) is 0.839. The SMILES string of the molecule is CCOCCOCCOCCOCCOCCOCCOCCOCCOCCOCCOCCOCCBr. The van der Waals surface area contributed by atoms with Crippen LogP contribution in [0.2, 0.25) is 0 Å². The molecule has 0 spiro atoms. The number of ether oxygens (including phenoxy) is 12. The molecule has 0 aliphatic heterocycles. The maximum absolute atomic E-state index is 5.46. The van der Waals surface area contributed by atoms with Gasteiger partial charge in [0.1, 0.15) is 0 Å². The molecule has 0 N–H and O–H groups in total. The van der Waals surface area contributed by atoms with Gasteiger partial charge in [0.25, 0.3) is 0 Å². The number of halogens is 1. The van der Waals surface area contributed by atoms with E-state index in [0.717, 1.165) is 5.33 Å². The van der Waals surface area contributed by atoms with Crippen molar-refractivity contribution in [2.45, 2.75) is 6.92 Å². The zero-order valence-electron chi connectivity index (χ0n) is 24.0. The fourth-order valence-electron chi connectivity index (χ4n) is 2.62. The highest BCUT2D eigenvalue weighted by atomic mass is 79.9. The summed E-state index contributed by atoms with van der Waals surface area (Å²) in [5.74, 6) is 0. The van der Waals surface area contributed by atoms with Gasteiger partial charge in [-0.15, -0.1) is 0 Å². The number of hydrogen-bond acceptors (Lipinski definition) is 12. The molecule has 13 heteroatoms. The van der Waals surface area contributed by atoms with E-state index in [1.807, 2.05) is 6.92 Å². The second-order valence-corrected chi connectivity index (χ2v) is 8.42. The first-order valence-corrected chi connectivity index (χ1v) is 15.0. The number of alkyl halides is 1. The predicted molar refractivity (Wildman–Crippen MR) is 149 cm³/mol. The largest absolute Gasteiger partial charge is 0.379 e. The summed E-state index contributed by atoms with van der Waals surface area (Å²) >= 11 is 3.30. The molecule has 0 atom stereocenters. The molecule has 0 rings (SSSR count). The van der Waals surface area contributed by atoms with Gasteiger partial charge in [-0.1, -0.05) is 15.9 Å². The van der Waals surface area contributed by atoms with Gasteiger partial charge in [-0.2, -0.15) is 0 Å². The Hall–Kier alpha value is 0.0000000000000000555. The van der Waals surface area contributed by atoms with Crippen LogP contribution in [0.4, 0.5) is 0 Å². The summed E-state index contributed by atoms with van der Waals surface area (Å²) < 4.78 is 64.8. The van der Waals surface area contributed by atoms with Gasteiger partial charge in [-0.3, -0.25) is 0 Å². The summed E-state index contributed by atoms with van der Waals surface area (Å²) in [7, 11) is 0. The van der Waals surface area contributed by atoms with Gasteiger partial charge in [-0.25, -0.2) is 0 Å². The summed E-state index contributed by atoms with van der Waals surface area (Å²) in [4.78, 5) is 0. The lowest BCUT2D eigenvalue weighted by Gasteiger charge is -2.09. The van der Waals surface area contributed by atoms with Crippen LogP contribution in [0.3, 0.4) is 0 Å². The highest BCUT2D eigenvalue weighted by molar-refractivity contribution is 9.09. The van der Waals surface area contributed by atoms with Crippen molar-refractivity contribution in [2.24, 2.45) is 0 Å². The summed E-state index contributed by atoms with van der Waals surface area (Å²) in [5.41, 5.74) is 0. The van der Waals surface area contributed by atoms with Crippen molar-refractivity contribution in [1.29, 1.82) is 0 Å². The van der Waals surface area contributed by atoms with Gasteiger partial charge in [0, 0.05) is 11.9 Å². The minimum absolute atomic E-state index is 0.519. The molecule has 0 amide bonds. The minimum Gasteiger partial charge on any atom is -0.379 e. The number of rotatable bonds is 36. The molecule has 0 aliphatic carbocycles. The van der Waals surface area contributed by atoms with Crippen molar-refractivity contribution in [3.05, 3.63) is 0 Å². The monoisotopic (exact) mass is 636 g/mol. The second kappa shape index (κ2) is 38.0. The molecule has 0 aromatic carbocycles. The van der Waals surface area contributed by atoms with E-state index in [0.29, 0.717) is 159 Å². The van der Waals surface area contributed by atoms with E-state index >= 15 is 0 Å². The van der Waals surface area contributed by atoms with E-state index in [2.05, 4.69) is 15.9 Å². The number of hydrogen-bond donors (Lipinski definition) is 0. The molecule has 0 aromatic heterocycles. The van der Waals surface area contributed by atoms with Crippen molar-refractivity contribution in [3.63, 3.8) is 0 Å².